The fourth-order valence-corrected chi connectivity index (χ4v) is 3.56. The molecule has 1 rings (SSSR count). The molecule has 0 spiro atoms. The number of amides is 2. The molecule has 0 saturated heterocycles. The molecule has 0 aromatic rings. The molecular formula is C22H36N4O6. The van der Waals surface area contributed by atoms with E-state index in [4.69, 9.17) is 5.73 Å². The van der Waals surface area contributed by atoms with Crippen molar-refractivity contribution < 1.29 is 29.4 Å². The second kappa shape index (κ2) is 11.8. The van der Waals surface area contributed by atoms with Gasteiger partial charge in [0.1, 0.15) is 23.9 Å². The molecule has 0 aliphatic heterocycles. The van der Waals surface area contributed by atoms with Gasteiger partial charge in [-0.1, -0.05) is 13.8 Å². The molecule has 3 atom stereocenters. The van der Waals surface area contributed by atoms with Gasteiger partial charge >= 0.3 is 5.97 Å². The minimum Gasteiger partial charge on any atom is -0.511 e. The number of carboxylic acid groups (broad SMARTS) is 1. The molecule has 0 fully saturated rings. The van der Waals surface area contributed by atoms with E-state index in [1.807, 2.05) is 13.8 Å². The third-order valence-corrected chi connectivity index (χ3v) is 5.29. The van der Waals surface area contributed by atoms with Crippen molar-refractivity contribution in [1.82, 2.24) is 10.6 Å². The summed E-state index contributed by atoms with van der Waals surface area (Å²) < 4.78 is 0. The topological polar surface area (TPSA) is 171 Å². The SMILES string of the molecule is CC(=N[C@@H](C)C(=O)N[C@@H](C)C(=O)N[C@@H](CCCCN)C(=O)O)C1=C(O)CC(C)(C)CC1=O. The van der Waals surface area contributed by atoms with Gasteiger partial charge in [0.25, 0.3) is 0 Å². The summed E-state index contributed by atoms with van der Waals surface area (Å²) in [6.07, 6.45) is 2.05. The van der Waals surface area contributed by atoms with Crippen molar-refractivity contribution in [3.63, 3.8) is 0 Å². The second-order valence-electron chi connectivity index (χ2n) is 9.07. The summed E-state index contributed by atoms with van der Waals surface area (Å²) in [5.41, 5.74) is 5.46. The van der Waals surface area contributed by atoms with Crippen molar-refractivity contribution in [2.45, 2.75) is 84.8 Å². The highest BCUT2D eigenvalue weighted by atomic mass is 16.4. The lowest BCUT2D eigenvalue weighted by Crippen LogP contribution is -2.51. The number of aliphatic carboxylic acids is 1. The van der Waals surface area contributed by atoms with Crippen LogP contribution in [0.2, 0.25) is 0 Å². The maximum Gasteiger partial charge on any atom is 0.326 e. The van der Waals surface area contributed by atoms with Gasteiger partial charge in [-0.15, -0.1) is 0 Å². The number of allylic oxidation sites excluding steroid dienone is 2. The number of unbranched alkanes of at least 4 members (excludes halogenated alkanes) is 1. The average Bonchev–Trinajstić information content (AvgIpc) is 2.65. The molecule has 0 aromatic heterocycles. The lowest BCUT2D eigenvalue weighted by atomic mass is 9.76. The highest BCUT2D eigenvalue weighted by Gasteiger charge is 2.34. The number of nitrogens with two attached hydrogens (primary N) is 1. The average molecular weight is 453 g/mol. The molecule has 10 heteroatoms. The highest BCUT2D eigenvalue weighted by Crippen LogP contribution is 2.36. The third-order valence-electron chi connectivity index (χ3n) is 5.29. The van der Waals surface area contributed by atoms with E-state index in [-0.39, 0.29) is 41.1 Å². The maximum absolute atomic E-state index is 12.5. The first kappa shape index (κ1) is 27.3. The first-order valence-corrected chi connectivity index (χ1v) is 10.8. The molecule has 1 aliphatic rings. The Kier molecular flexibility index (Phi) is 10.0. The lowest BCUT2D eigenvalue weighted by molar-refractivity contribution is -0.142. The first-order chi connectivity index (χ1) is 14.8. The molecule has 10 nitrogen and oxygen atoms in total. The molecule has 0 aromatic carbocycles. The van der Waals surface area contributed by atoms with Gasteiger partial charge in [-0.2, -0.15) is 0 Å². The molecule has 0 heterocycles. The van der Waals surface area contributed by atoms with E-state index in [1.54, 1.807) is 6.92 Å². The van der Waals surface area contributed by atoms with Gasteiger partial charge in [-0.05, 0) is 52.0 Å². The van der Waals surface area contributed by atoms with E-state index < -0.39 is 35.9 Å². The number of nitrogens with one attached hydrogen (secondary N) is 2. The Morgan fingerprint density at radius 1 is 1.12 bits per heavy atom. The standard InChI is InChI=1S/C22H36N4O6/c1-12(18-16(27)10-22(4,5)11-17(18)28)24-13(2)19(29)25-14(3)20(30)26-15(21(31)32)8-6-7-9-23/h13-15,27H,6-11,23H2,1-5H3,(H,25,29)(H,26,30)(H,31,32)/t13-,14-,15-/m0/s1. The first-order valence-electron chi connectivity index (χ1n) is 10.8. The van der Waals surface area contributed by atoms with Gasteiger partial charge in [-0.3, -0.25) is 19.4 Å². The van der Waals surface area contributed by atoms with Crippen LogP contribution in [0.25, 0.3) is 0 Å². The van der Waals surface area contributed by atoms with E-state index in [1.165, 1.54) is 13.8 Å². The number of hydrogen-bond donors (Lipinski definition) is 5. The largest absolute Gasteiger partial charge is 0.511 e. The Morgan fingerprint density at radius 3 is 2.28 bits per heavy atom. The van der Waals surface area contributed by atoms with Crippen LogP contribution in [0.4, 0.5) is 0 Å². The van der Waals surface area contributed by atoms with Gasteiger partial charge in [0, 0.05) is 18.6 Å². The fourth-order valence-electron chi connectivity index (χ4n) is 3.56. The summed E-state index contributed by atoms with van der Waals surface area (Å²) in [5, 5.41) is 24.5. The van der Waals surface area contributed by atoms with Crippen molar-refractivity contribution in [2.75, 3.05) is 6.54 Å². The van der Waals surface area contributed by atoms with E-state index in [9.17, 15) is 29.4 Å². The smallest absolute Gasteiger partial charge is 0.326 e. The van der Waals surface area contributed by atoms with Crippen molar-refractivity contribution in [3.05, 3.63) is 11.3 Å². The molecule has 0 radical (unpaired) electrons. The molecular weight excluding hydrogens is 416 g/mol. The van der Waals surface area contributed by atoms with E-state index in [2.05, 4.69) is 15.6 Å². The Hall–Kier alpha value is -2.75. The van der Waals surface area contributed by atoms with Gasteiger partial charge in [0.15, 0.2) is 5.78 Å². The van der Waals surface area contributed by atoms with E-state index >= 15 is 0 Å². The number of ketones is 1. The number of aliphatic hydroxyl groups excluding tert-OH is 1. The molecule has 6 N–H and O–H groups in total. The minimum atomic E-state index is -1.16. The highest BCUT2D eigenvalue weighted by molar-refractivity contribution is 6.22. The zero-order chi connectivity index (χ0) is 24.6. The predicted octanol–water partition coefficient (Wildman–Crippen LogP) is 1.24. The molecule has 180 valence electrons. The van der Waals surface area contributed by atoms with Crippen LogP contribution in [0.15, 0.2) is 16.3 Å². The summed E-state index contributed by atoms with van der Waals surface area (Å²) in [7, 11) is 0. The second-order valence-corrected chi connectivity index (χ2v) is 9.07. The summed E-state index contributed by atoms with van der Waals surface area (Å²) in [4.78, 5) is 52.8. The summed E-state index contributed by atoms with van der Waals surface area (Å²) in [6.45, 7) is 8.71. The van der Waals surface area contributed by atoms with Crippen LogP contribution in [0.5, 0.6) is 0 Å². The molecule has 1 aliphatic carbocycles. The van der Waals surface area contributed by atoms with Crippen LogP contribution in [0.3, 0.4) is 0 Å². The van der Waals surface area contributed by atoms with Gasteiger partial charge in [-0.25, -0.2) is 4.79 Å². The number of rotatable bonds is 11. The Morgan fingerprint density at radius 2 is 1.75 bits per heavy atom. The molecule has 32 heavy (non-hydrogen) atoms. The van der Waals surface area contributed by atoms with Crippen molar-refractivity contribution >= 4 is 29.3 Å². The maximum atomic E-state index is 12.5. The molecule has 0 bridgehead atoms. The normalized spacial score (nSPS) is 19.2. The van der Waals surface area contributed by atoms with Crippen molar-refractivity contribution in [3.8, 4) is 0 Å². The number of aliphatic imine (C=N–C) groups is 1. The zero-order valence-corrected chi connectivity index (χ0v) is 19.5. The molecule has 0 unspecified atom stereocenters. The van der Waals surface area contributed by atoms with Crippen LogP contribution in [-0.4, -0.2) is 64.2 Å². The Bertz CT molecular complexity index is 802. The number of aliphatic hydroxyl groups is 1. The van der Waals surface area contributed by atoms with E-state index in [0.29, 0.717) is 25.8 Å². The van der Waals surface area contributed by atoms with Gasteiger partial charge in [0.2, 0.25) is 11.8 Å². The van der Waals surface area contributed by atoms with Crippen LogP contribution in [-0.2, 0) is 19.2 Å². The van der Waals surface area contributed by atoms with Crippen molar-refractivity contribution in [1.29, 1.82) is 0 Å². The number of carboxylic acids is 1. The Balaban J connectivity index is 2.77. The van der Waals surface area contributed by atoms with Crippen molar-refractivity contribution in [2.24, 2.45) is 16.1 Å². The third kappa shape index (κ3) is 8.07. The van der Waals surface area contributed by atoms with Crippen LogP contribution < -0.4 is 16.4 Å². The van der Waals surface area contributed by atoms with E-state index in [0.717, 1.165) is 0 Å². The number of nitrogens with zero attached hydrogens (tertiary/aromatic N) is 1. The zero-order valence-electron chi connectivity index (χ0n) is 19.5. The van der Waals surface area contributed by atoms with Crippen LogP contribution in [0, 0.1) is 5.41 Å². The monoisotopic (exact) mass is 452 g/mol. The lowest BCUT2D eigenvalue weighted by Gasteiger charge is -2.29. The fraction of sp³-hybridized carbons (Fsp3) is 0.682. The number of Topliss-reactive ketones (excluding diaryl/α,β-unsaturated/α-hetero) is 1. The minimum absolute atomic E-state index is 0.0396. The Labute approximate surface area is 188 Å². The van der Waals surface area contributed by atoms with Gasteiger partial charge in [0.05, 0.1) is 5.57 Å². The molecule has 0 saturated carbocycles. The predicted molar refractivity (Wildman–Crippen MR) is 120 cm³/mol. The molecule has 2 amide bonds. The van der Waals surface area contributed by atoms with Gasteiger partial charge < -0.3 is 26.6 Å². The van der Waals surface area contributed by atoms with Crippen LogP contribution >= 0.6 is 0 Å². The summed E-state index contributed by atoms with van der Waals surface area (Å²) in [6, 6.07) is -2.97. The number of carbonyl (C=O) groups excluding carboxylic acids is 3. The summed E-state index contributed by atoms with van der Waals surface area (Å²) in [5.74, 6) is -2.62. The quantitative estimate of drug-likeness (QED) is 0.232. The van der Waals surface area contributed by atoms with Crippen LogP contribution in [0.1, 0.15) is 66.7 Å². The summed E-state index contributed by atoms with van der Waals surface area (Å²) >= 11 is 0. The number of hydrogen-bond acceptors (Lipinski definition) is 7. The number of carbonyl (C=O) groups is 4.